The summed E-state index contributed by atoms with van der Waals surface area (Å²) in [6.07, 6.45) is 3.66. The zero-order chi connectivity index (χ0) is 11.5. The van der Waals surface area contributed by atoms with E-state index in [4.69, 9.17) is 18.0 Å². The van der Waals surface area contributed by atoms with Crippen LogP contribution in [0, 0.1) is 0 Å². The Morgan fingerprint density at radius 3 is 3.19 bits per heavy atom. The Balaban J connectivity index is 2.26. The van der Waals surface area contributed by atoms with Gasteiger partial charge in [-0.1, -0.05) is 12.2 Å². The number of aromatic nitrogens is 2. The molecule has 0 saturated carbocycles. The SMILES string of the molecule is NC(=S)c1ccnc(N2CCCC2CO)n1. The van der Waals surface area contributed by atoms with E-state index < -0.39 is 0 Å². The molecule has 1 fully saturated rings. The highest BCUT2D eigenvalue weighted by Gasteiger charge is 2.25. The minimum atomic E-state index is 0.113. The number of nitrogens with zero attached hydrogens (tertiary/aromatic N) is 3. The Hall–Kier alpha value is -1.27. The summed E-state index contributed by atoms with van der Waals surface area (Å²) in [5.41, 5.74) is 6.09. The lowest BCUT2D eigenvalue weighted by molar-refractivity contribution is 0.265. The highest BCUT2D eigenvalue weighted by Crippen LogP contribution is 2.21. The third kappa shape index (κ3) is 2.12. The zero-order valence-corrected chi connectivity index (χ0v) is 9.65. The first-order valence-corrected chi connectivity index (χ1v) is 5.63. The van der Waals surface area contributed by atoms with Crippen LogP contribution in [-0.2, 0) is 0 Å². The fourth-order valence-electron chi connectivity index (χ4n) is 1.91. The van der Waals surface area contributed by atoms with Crippen LogP contribution in [0.2, 0.25) is 0 Å². The topological polar surface area (TPSA) is 75.3 Å². The van der Waals surface area contributed by atoms with Crippen molar-refractivity contribution < 1.29 is 5.11 Å². The van der Waals surface area contributed by atoms with E-state index in [1.807, 2.05) is 4.90 Å². The van der Waals surface area contributed by atoms with Crippen molar-refractivity contribution in [2.24, 2.45) is 5.73 Å². The maximum absolute atomic E-state index is 9.23. The number of rotatable bonds is 3. The van der Waals surface area contributed by atoms with E-state index in [0.29, 0.717) is 11.6 Å². The van der Waals surface area contributed by atoms with Gasteiger partial charge in [-0.05, 0) is 18.9 Å². The first-order valence-electron chi connectivity index (χ1n) is 5.22. The molecule has 1 aliphatic heterocycles. The van der Waals surface area contributed by atoms with Crippen LogP contribution in [0.3, 0.4) is 0 Å². The van der Waals surface area contributed by atoms with Gasteiger partial charge in [0.05, 0.1) is 12.6 Å². The Bertz CT molecular complexity index is 398. The second-order valence-electron chi connectivity index (χ2n) is 3.78. The number of hydrogen-bond donors (Lipinski definition) is 2. The summed E-state index contributed by atoms with van der Waals surface area (Å²) in [5, 5.41) is 9.23. The van der Waals surface area contributed by atoms with Crippen molar-refractivity contribution in [3.05, 3.63) is 18.0 Å². The van der Waals surface area contributed by atoms with E-state index in [-0.39, 0.29) is 17.6 Å². The molecule has 5 nitrogen and oxygen atoms in total. The van der Waals surface area contributed by atoms with E-state index in [0.717, 1.165) is 19.4 Å². The highest BCUT2D eigenvalue weighted by molar-refractivity contribution is 7.80. The monoisotopic (exact) mass is 238 g/mol. The van der Waals surface area contributed by atoms with Gasteiger partial charge < -0.3 is 15.7 Å². The normalized spacial score (nSPS) is 20.1. The molecule has 16 heavy (non-hydrogen) atoms. The van der Waals surface area contributed by atoms with Gasteiger partial charge in [0, 0.05) is 12.7 Å². The van der Waals surface area contributed by atoms with Crippen molar-refractivity contribution in [3.8, 4) is 0 Å². The molecule has 0 radical (unpaired) electrons. The third-order valence-electron chi connectivity index (χ3n) is 2.74. The van der Waals surface area contributed by atoms with Crippen LogP contribution in [0.1, 0.15) is 18.5 Å². The van der Waals surface area contributed by atoms with Crippen molar-refractivity contribution in [2.75, 3.05) is 18.1 Å². The molecule has 2 rings (SSSR count). The molecule has 0 bridgehead atoms. The lowest BCUT2D eigenvalue weighted by Gasteiger charge is -2.22. The molecular weight excluding hydrogens is 224 g/mol. The minimum Gasteiger partial charge on any atom is -0.394 e. The van der Waals surface area contributed by atoms with Crippen molar-refractivity contribution in [1.82, 2.24) is 9.97 Å². The minimum absolute atomic E-state index is 0.113. The molecule has 1 aromatic heterocycles. The molecule has 0 amide bonds. The molecule has 1 unspecified atom stereocenters. The lowest BCUT2D eigenvalue weighted by Crippen LogP contribution is -2.33. The smallest absolute Gasteiger partial charge is 0.226 e. The number of nitrogens with two attached hydrogens (primary N) is 1. The Labute approximate surface area is 99.3 Å². The molecule has 86 valence electrons. The number of aliphatic hydroxyl groups excluding tert-OH is 1. The number of aliphatic hydroxyl groups is 1. The molecule has 1 saturated heterocycles. The van der Waals surface area contributed by atoms with Crippen LogP contribution in [0.25, 0.3) is 0 Å². The van der Waals surface area contributed by atoms with Gasteiger partial charge in [0.25, 0.3) is 0 Å². The quantitative estimate of drug-likeness (QED) is 0.726. The second-order valence-corrected chi connectivity index (χ2v) is 4.22. The molecule has 3 N–H and O–H groups in total. The fourth-order valence-corrected chi connectivity index (χ4v) is 2.03. The third-order valence-corrected chi connectivity index (χ3v) is 2.95. The molecule has 1 aliphatic rings. The molecular formula is C10H14N4OS. The summed E-state index contributed by atoms with van der Waals surface area (Å²) in [6, 6.07) is 1.80. The van der Waals surface area contributed by atoms with Gasteiger partial charge in [-0.2, -0.15) is 0 Å². The van der Waals surface area contributed by atoms with Gasteiger partial charge in [0.2, 0.25) is 5.95 Å². The molecule has 0 aliphatic carbocycles. The van der Waals surface area contributed by atoms with Crippen LogP contribution in [0.5, 0.6) is 0 Å². The van der Waals surface area contributed by atoms with Crippen molar-refractivity contribution in [2.45, 2.75) is 18.9 Å². The van der Waals surface area contributed by atoms with Gasteiger partial charge in [-0.15, -0.1) is 0 Å². The van der Waals surface area contributed by atoms with E-state index in [1.54, 1.807) is 12.3 Å². The first kappa shape index (κ1) is 11.2. The van der Waals surface area contributed by atoms with Crippen LogP contribution in [0.4, 0.5) is 5.95 Å². The van der Waals surface area contributed by atoms with Crippen LogP contribution >= 0.6 is 12.2 Å². The van der Waals surface area contributed by atoms with Gasteiger partial charge in [-0.3, -0.25) is 0 Å². The summed E-state index contributed by atoms with van der Waals surface area (Å²) in [6.45, 7) is 0.993. The molecule has 1 aromatic rings. The summed E-state index contributed by atoms with van der Waals surface area (Å²) < 4.78 is 0. The van der Waals surface area contributed by atoms with Crippen molar-refractivity contribution in [1.29, 1.82) is 0 Å². The highest BCUT2D eigenvalue weighted by atomic mass is 32.1. The number of hydrogen-bond acceptors (Lipinski definition) is 5. The van der Waals surface area contributed by atoms with Gasteiger partial charge in [-0.25, -0.2) is 9.97 Å². The van der Waals surface area contributed by atoms with Crippen LogP contribution in [-0.4, -0.2) is 39.3 Å². The van der Waals surface area contributed by atoms with Crippen LogP contribution in [0.15, 0.2) is 12.3 Å². The van der Waals surface area contributed by atoms with Gasteiger partial charge >= 0.3 is 0 Å². The molecule has 6 heteroatoms. The molecule has 0 spiro atoms. The van der Waals surface area contributed by atoms with Crippen molar-refractivity contribution >= 4 is 23.2 Å². The summed E-state index contributed by atoms with van der Waals surface area (Å²) in [4.78, 5) is 10.7. The Morgan fingerprint density at radius 1 is 1.69 bits per heavy atom. The van der Waals surface area contributed by atoms with E-state index in [9.17, 15) is 5.11 Å². The predicted molar refractivity (Wildman–Crippen MR) is 65.4 cm³/mol. The fraction of sp³-hybridized carbons (Fsp3) is 0.500. The Morgan fingerprint density at radius 2 is 2.50 bits per heavy atom. The van der Waals surface area contributed by atoms with Crippen molar-refractivity contribution in [3.63, 3.8) is 0 Å². The summed E-state index contributed by atoms with van der Waals surface area (Å²) >= 11 is 4.87. The average Bonchev–Trinajstić information content (AvgIpc) is 2.77. The Kier molecular flexibility index (Phi) is 3.31. The van der Waals surface area contributed by atoms with E-state index >= 15 is 0 Å². The number of thiocarbonyl (C=S) groups is 1. The maximum atomic E-state index is 9.23. The standard InChI is InChI=1S/C10H14N4OS/c11-9(16)8-3-4-12-10(13-8)14-5-1-2-7(14)6-15/h3-4,7,15H,1-2,5-6H2,(H2,11,16). The van der Waals surface area contributed by atoms with E-state index in [1.165, 1.54) is 0 Å². The molecule has 2 heterocycles. The second kappa shape index (κ2) is 4.71. The average molecular weight is 238 g/mol. The largest absolute Gasteiger partial charge is 0.394 e. The zero-order valence-electron chi connectivity index (χ0n) is 8.83. The van der Waals surface area contributed by atoms with Gasteiger partial charge in [0.1, 0.15) is 10.7 Å². The lowest BCUT2D eigenvalue weighted by atomic mass is 10.2. The van der Waals surface area contributed by atoms with Gasteiger partial charge in [0.15, 0.2) is 0 Å². The summed E-state index contributed by atoms with van der Waals surface area (Å²) in [7, 11) is 0. The van der Waals surface area contributed by atoms with E-state index in [2.05, 4.69) is 9.97 Å². The predicted octanol–water partition coefficient (Wildman–Crippen LogP) is 0.0719. The first-order chi connectivity index (χ1) is 7.72. The number of anilines is 1. The molecule has 1 atom stereocenters. The van der Waals surface area contributed by atoms with Crippen LogP contribution < -0.4 is 10.6 Å². The maximum Gasteiger partial charge on any atom is 0.226 e. The molecule has 0 aromatic carbocycles. The summed E-state index contributed by atoms with van der Waals surface area (Å²) in [5.74, 6) is 0.599.